The molecule has 1 saturated carbocycles. The van der Waals surface area contributed by atoms with Gasteiger partial charge in [-0.25, -0.2) is 9.07 Å². The Hall–Kier alpha value is -1.88. The zero-order chi connectivity index (χ0) is 14.1. The molecule has 0 bridgehead atoms. The van der Waals surface area contributed by atoms with Crippen LogP contribution in [0.5, 0.6) is 11.6 Å². The van der Waals surface area contributed by atoms with Gasteiger partial charge >= 0.3 is 0 Å². The van der Waals surface area contributed by atoms with E-state index in [0.29, 0.717) is 17.7 Å². The molecule has 5 heteroatoms. The molecule has 1 heterocycles. The van der Waals surface area contributed by atoms with Gasteiger partial charge in [-0.1, -0.05) is 0 Å². The lowest BCUT2D eigenvalue weighted by atomic mass is 10.2. The van der Waals surface area contributed by atoms with Crippen molar-refractivity contribution < 1.29 is 9.13 Å². The highest BCUT2D eigenvalue weighted by Crippen LogP contribution is 2.28. The quantitative estimate of drug-likeness (QED) is 0.912. The molecule has 0 saturated heterocycles. The minimum absolute atomic E-state index is 0.269. The molecule has 1 aliphatic rings. The van der Waals surface area contributed by atoms with Crippen molar-refractivity contribution in [2.24, 2.45) is 7.05 Å². The van der Waals surface area contributed by atoms with Gasteiger partial charge in [0.25, 0.3) is 0 Å². The van der Waals surface area contributed by atoms with E-state index in [4.69, 9.17) is 4.74 Å². The third-order valence-electron chi connectivity index (χ3n) is 3.46. The summed E-state index contributed by atoms with van der Waals surface area (Å²) in [6.07, 6.45) is 2.49. The van der Waals surface area contributed by atoms with Crippen LogP contribution in [0.3, 0.4) is 0 Å². The van der Waals surface area contributed by atoms with Crippen molar-refractivity contribution in [1.82, 2.24) is 15.1 Å². The summed E-state index contributed by atoms with van der Waals surface area (Å²) in [6.45, 7) is 2.72. The summed E-state index contributed by atoms with van der Waals surface area (Å²) in [4.78, 5) is 0. The summed E-state index contributed by atoms with van der Waals surface area (Å²) in [6, 6.07) is 6.65. The summed E-state index contributed by atoms with van der Waals surface area (Å²) < 4.78 is 20.5. The number of hydrogen-bond donors (Lipinski definition) is 1. The molecule has 1 aliphatic carbocycles. The van der Waals surface area contributed by atoms with Crippen molar-refractivity contribution >= 4 is 0 Å². The normalized spacial score (nSPS) is 14.6. The van der Waals surface area contributed by atoms with Gasteiger partial charge in [-0.3, -0.25) is 0 Å². The molecule has 1 aromatic carbocycles. The summed E-state index contributed by atoms with van der Waals surface area (Å²) >= 11 is 0. The van der Waals surface area contributed by atoms with E-state index in [1.807, 2.05) is 14.0 Å². The highest BCUT2D eigenvalue weighted by Gasteiger charge is 2.23. The Kier molecular flexibility index (Phi) is 3.44. The molecular formula is C15H18FN3O. The fourth-order valence-electron chi connectivity index (χ4n) is 2.16. The Morgan fingerprint density at radius 3 is 2.70 bits per heavy atom. The molecule has 1 N–H and O–H groups in total. The van der Waals surface area contributed by atoms with Crippen LogP contribution >= 0.6 is 0 Å². The van der Waals surface area contributed by atoms with Crippen LogP contribution in [0.4, 0.5) is 4.39 Å². The fourth-order valence-corrected chi connectivity index (χ4v) is 2.16. The smallest absolute Gasteiger partial charge is 0.222 e. The summed E-state index contributed by atoms with van der Waals surface area (Å²) in [5, 5.41) is 7.87. The van der Waals surface area contributed by atoms with Crippen molar-refractivity contribution in [1.29, 1.82) is 0 Å². The predicted molar refractivity (Wildman–Crippen MR) is 74.3 cm³/mol. The molecule has 0 aliphatic heterocycles. The van der Waals surface area contributed by atoms with Gasteiger partial charge in [0.05, 0.1) is 11.3 Å². The van der Waals surface area contributed by atoms with E-state index < -0.39 is 0 Å². The zero-order valence-electron chi connectivity index (χ0n) is 11.7. The molecular weight excluding hydrogens is 257 g/mol. The maximum atomic E-state index is 12.9. The van der Waals surface area contributed by atoms with Gasteiger partial charge in [0.15, 0.2) is 0 Å². The number of rotatable bonds is 5. The number of aryl methyl sites for hydroxylation is 2. The second-order valence-electron chi connectivity index (χ2n) is 5.20. The van der Waals surface area contributed by atoms with E-state index in [-0.39, 0.29) is 5.82 Å². The van der Waals surface area contributed by atoms with Crippen molar-refractivity contribution in [3.63, 3.8) is 0 Å². The molecule has 0 atom stereocenters. The van der Waals surface area contributed by atoms with Crippen LogP contribution in [-0.4, -0.2) is 15.8 Å². The highest BCUT2D eigenvalue weighted by atomic mass is 19.1. The van der Waals surface area contributed by atoms with Crippen LogP contribution in [0.1, 0.15) is 24.1 Å². The summed E-state index contributed by atoms with van der Waals surface area (Å²) in [5.41, 5.74) is 2.02. The van der Waals surface area contributed by atoms with E-state index in [1.54, 1.807) is 16.8 Å². The summed E-state index contributed by atoms with van der Waals surface area (Å²) in [7, 11) is 1.85. The maximum absolute atomic E-state index is 12.9. The monoisotopic (exact) mass is 275 g/mol. The number of hydrogen-bond acceptors (Lipinski definition) is 3. The van der Waals surface area contributed by atoms with Gasteiger partial charge < -0.3 is 10.1 Å². The third-order valence-corrected chi connectivity index (χ3v) is 3.46. The molecule has 106 valence electrons. The molecule has 1 aromatic heterocycles. The van der Waals surface area contributed by atoms with Crippen LogP contribution in [-0.2, 0) is 13.6 Å². The van der Waals surface area contributed by atoms with Crippen molar-refractivity contribution in [3.05, 3.63) is 41.3 Å². The van der Waals surface area contributed by atoms with Gasteiger partial charge in [-0.05, 0) is 44.0 Å². The number of ether oxygens (including phenoxy) is 1. The molecule has 0 radical (unpaired) electrons. The first kappa shape index (κ1) is 13.1. The average molecular weight is 275 g/mol. The number of aromatic nitrogens is 2. The lowest BCUT2D eigenvalue weighted by molar-refractivity contribution is 0.422. The molecule has 3 rings (SSSR count). The van der Waals surface area contributed by atoms with Crippen LogP contribution in [0.15, 0.2) is 24.3 Å². The van der Waals surface area contributed by atoms with Crippen molar-refractivity contribution in [2.45, 2.75) is 32.4 Å². The van der Waals surface area contributed by atoms with Gasteiger partial charge in [-0.15, -0.1) is 0 Å². The Morgan fingerprint density at radius 1 is 1.35 bits per heavy atom. The molecule has 1 fully saturated rings. The van der Waals surface area contributed by atoms with E-state index in [1.165, 1.54) is 25.0 Å². The van der Waals surface area contributed by atoms with Gasteiger partial charge in [-0.2, -0.15) is 5.10 Å². The predicted octanol–water partition coefficient (Wildman–Crippen LogP) is 2.91. The number of nitrogens with zero attached hydrogens (tertiary/aromatic N) is 2. The second-order valence-corrected chi connectivity index (χ2v) is 5.20. The maximum Gasteiger partial charge on any atom is 0.222 e. The first-order chi connectivity index (χ1) is 9.63. The molecule has 0 spiro atoms. The zero-order valence-corrected chi connectivity index (χ0v) is 11.7. The fraction of sp³-hybridized carbons (Fsp3) is 0.400. The largest absolute Gasteiger partial charge is 0.439 e. The topological polar surface area (TPSA) is 39.1 Å². The van der Waals surface area contributed by atoms with Crippen LogP contribution < -0.4 is 10.1 Å². The molecule has 2 aromatic rings. The highest BCUT2D eigenvalue weighted by molar-refractivity contribution is 5.35. The molecule has 20 heavy (non-hydrogen) atoms. The summed E-state index contributed by atoms with van der Waals surface area (Å²) in [5.74, 6) is 1.05. The third kappa shape index (κ3) is 2.82. The Balaban J connectivity index is 1.81. The van der Waals surface area contributed by atoms with Gasteiger partial charge in [0.2, 0.25) is 5.88 Å². The Labute approximate surface area is 117 Å². The minimum atomic E-state index is -0.269. The Morgan fingerprint density at radius 2 is 2.05 bits per heavy atom. The minimum Gasteiger partial charge on any atom is -0.439 e. The van der Waals surface area contributed by atoms with Crippen molar-refractivity contribution in [2.75, 3.05) is 0 Å². The van der Waals surface area contributed by atoms with Gasteiger partial charge in [0.1, 0.15) is 11.6 Å². The molecule has 0 unspecified atom stereocenters. The number of nitrogens with one attached hydrogen (secondary N) is 1. The number of benzene rings is 1. The molecule has 0 amide bonds. The lowest BCUT2D eigenvalue weighted by Crippen LogP contribution is -2.16. The standard InChI is InChI=1S/C15H18FN3O/c1-10-14(9-17-12-5-6-12)15(19(2)18-10)20-13-7-3-11(16)4-8-13/h3-4,7-8,12,17H,5-6,9H2,1-2H3. The van der Waals surface area contributed by atoms with Crippen LogP contribution in [0.2, 0.25) is 0 Å². The average Bonchev–Trinajstić information content (AvgIpc) is 3.19. The Bertz CT molecular complexity index is 602. The van der Waals surface area contributed by atoms with E-state index in [0.717, 1.165) is 17.8 Å². The number of halogens is 1. The first-order valence-electron chi connectivity index (χ1n) is 6.83. The second kappa shape index (κ2) is 5.25. The SMILES string of the molecule is Cc1nn(C)c(Oc2ccc(F)cc2)c1CNC1CC1. The van der Waals surface area contributed by atoms with E-state index in [2.05, 4.69) is 10.4 Å². The van der Waals surface area contributed by atoms with Crippen molar-refractivity contribution in [3.8, 4) is 11.6 Å². The van der Waals surface area contributed by atoms with Crippen LogP contribution in [0, 0.1) is 12.7 Å². The van der Waals surface area contributed by atoms with Gasteiger partial charge in [0, 0.05) is 19.6 Å². The van der Waals surface area contributed by atoms with Crippen LogP contribution in [0.25, 0.3) is 0 Å². The van der Waals surface area contributed by atoms with E-state index >= 15 is 0 Å². The van der Waals surface area contributed by atoms with E-state index in [9.17, 15) is 4.39 Å². The lowest BCUT2D eigenvalue weighted by Gasteiger charge is -2.09. The first-order valence-corrected chi connectivity index (χ1v) is 6.83. The molecule has 4 nitrogen and oxygen atoms in total.